The summed E-state index contributed by atoms with van der Waals surface area (Å²) in [5, 5.41) is 1.24. The topological polar surface area (TPSA) is 16.1 Å². The summed E-state index contributed by atoms with van der Waals surface area (Å²) in [5.74, 6) is 0. The van der Waals surface area contributed by atoms with Crippen molar-refractivity contribution in [2.75, 3.05) is 6.54 Å². The summed E-state index contributed by atoms with van der Waals surface area (Å²) in [7, 11) is 0. The van der Waals surface area contributed by atoms with E-state index in [2.05, 4.69) is 59.5 Å². The van der Waals surface area contributed by atoms with E-state index in [9.17, 15) is 0 Å². The van der Waals surface area contributed by atoms with Crippen LogP contribution in [0, 0.1) is 0 Å². The molecule has 1 aliphatic rings. The summed E-state index contributed by atoms with van der Waals surface area (Å²) in [6.07, 6.45) is 2.54. The first-order chi connectivity index (χ1) is 10.4. The number of hydrogen-bond donors (Lipinski definition) is 0. The quantitative estimate of drug-likeness (QED) is 0.700. The third-order valence-electron chi connectivity index (χ3n) is 4.22. The van der Waals surface area contributed by atoms with E-state index in [-0.39, 0.29) is 0 Å². The minimum Gasteiger partial charge on any atom is -0.290 e. The molecule has 2 nitrogen and oxygen atoms in total. The Labute approximate surface area is 129 Å². The van der Waals surface area contributed by atoms with Crippen molar-refractivity contribution in [3.63, 3.8) is 0 Å². The van der Waals surface area contributed by atoms with Crippen molar-refractivity contribution in [1.82, 2.24) is 9.88 Å². The van der Waals surface area contributed by atoms with Gasteiger partial charge in [-0.2, -0.15) is 0 Å². The number of aromatic nitrogens is 1. The summed E-state index contributed by atoms with van der Waals surface area (Å²) in [6, 6.07) is 19.9. The fourth-order valence-electron chi connectivity index (χ4n) is 3.23. The Balaban J connectivity index is 1.58. The van der Waals surface area contributed by atoms with Crippen LogP contribution in [0.2, 0.25) is 0 Å². The molecular formula is C18H18N2S. The van der Waals surface area contributed by atoms with E-state index in [1.165, 1.54) is 34.7 Å². The van der Waals surface area contributed by atoms with Crippen LogP contribution < -0.4 is 0 Å². The summed E-state index contributed by atoms with van der Waals surface area (Å²) in [5.41, 5.74) is 2.57. The highest BCUT2D eigenvalue weighted by atomic mass is 32.1. The second kappa shape index (κ2) is 5.58. The number of fused-ring (bicyclic) bond motifs is 1. The second-order valence-corrected chi connectivity index (χ2v) is 6.73. The molecule has 0 amide bonds. The number of rotatable bonds is 3. The van der Waals surface area contributed by atoms with Crippen LogP contribution in [0.15, 0.2) is 54.6 Å². The first-order valence-corrected chi connectivity index (χ1v) is 8.35. The van der Waals surface area contributed by atoms with Gasteiger partial charge in [-0.15, -0.1) is 11.3 Å². The minimum atomic E-state index is 0.554. The smallest absolute Gasteiger partial charge is 0.108 e. The lowest BCUT2D eigenvalue weighted by Gasteiger charge is -2.23. The van der Waals surface area contributed by atoms with E-state index >= 15 is 0 Å². The Bertz CT molecular complexity index is 702. The monoisotopic (exact) mass is 294 g/mol. The highest BCUT2D eigenvalue weighted by molar-refractivity contribution is 7.18. The maximum absolute atomic E-state index is 4.78. The Morgan fingerprint density at radius 1 is 1.05 bits per heavy atom. The van der Waals surface area contributed by atoms with Crippen molar-refractivity contribution < 1.29 is 0 Å². The summed E-state index contributed by atoms with van der Waals surface area (Å²) < 4.78 is 1.29. The molecule has 3 heteroatoms. The Kier molecular flexibility index (Phi) is 3.45. The van der Waals surface area contributed by atoms with Gasteiger partial charge in [-0.05, 0) is 37.1 Å². The zero-order valence-corrected chi connectivity index (χ0v) is 12.7. The molecule has 0 bridgehead atoms. The van der Waals surface area contributed by atoms with Gasteiger partial charge >= 0.3 is 0 Å². The lowest BCUT2D eigenvalue weighted by molar-refractivity contribution is 0.248. The third kappa shape index (κ3) is 2.59. The molecule has 4 rings (SSSR count). The fourth-order valence-corrected chi connectivity index (χ4v) is 4.22. The zero-order chi connectivity index (χ0) is 14.1. The molecule has 106 valence electrons. The van der Waals surface area contributed by atoms with Gasteiger partial charge in [-0.1, -0.05) is 42.5 Å². The molecule has 0 radical (unpaired) electrons. The molecule has 0 spiro atoms. The van der Waals surface area contributed by atoms with E-state index in [1.807, 2.05) is 11.3 Å². The lowest BCUT2D eigenvalue weighted by Crippen LogP contribution is -2.22. The molecule has 21 heavy (non-hydrogen) atoms. The number of likely N-dealkylation sites (tertiary alicyclic amines) is 1. The molecule has 1 atom stereocenters. The van der Waals surface area contributed by atoms with Crippen LogP contribution >= 0.6 is 11.3 Å². The molecule has 2 aromatic carbocycles. The normalized spacial score (nSPS) is 19.3. The number of benzene rings is 2. The Morgan fingerprint density at radius 3 is 2.71 bits per heavy atom. The molecule has 1 fully saturated rings. The molecular weight excluding hydrogens is 276 g/mol. The number of hydrogen-bond acceptors (Lipinski definition) is 3. The van der Waals surface area contributed by atoms with Gasteiger partial charge in [0.25, 0.3) is 0 Å². The zero-order valence-electron chi connectivity index (χ0n) is 11.9. The van der Waals surface area contributed by atoms with Crippen LogP contribution in [0.4, 0.5) is 0 Å². The highest BCUT2D eigenvalue weighted by Gasteiger charge is 2.26. The summed E-state index contributed by atoms with van der Waals surface area (Å²) in [6.45, 7) is 2.15. The van der Waals surface area contributed by atoms with Crippen LogP contribution in [-0.2, 0) is 6.54 Å². The van der Waals surface area contributed by atoms with Crippen LogP contribution in [0.1, 0.15) is 29.5 Å². The number of para-hydroxylation sites is 1. The Morgan fingerprint density at radius 2 is 1.86 bits per heavy atom. The lowest BCUT2D eigenvalue weighted by atomic mass is 10.0. The van der Waals surface area contributed by atoms with Crippen LogP contribution in [0.25, 0.3) is 10.2 Å². The van der Waals surface area contributed by atoms with Gasteiger partial charge in [0.05, 0.1) is 16.8 Å². The van der Waals surface area contributed by atoms with E-state index in [0.29, 0.717) is 6.04 Å². The number of thiazole rings is 1. The average molecular weight is 294 g/mol. The first-order valence-electron chi connectivity index (χ1n) is 7.53. The highest BCUT2D eigenvalue weighted by Crippen LogP contribution is 2.34. The van der Waals surface area contributed by atoms with E-state index in [1.54, 1.807) is 0 Å². The van der Waals surface area contributed by atoms with E-state index < -0.39 is 0 Å². The van der Waals surface area contributed by atoms with E-state index in [4.69, 9.17) is 4.98 Å². The molecule has 0 saturated carbocycles. The Hall–Kier alpha value is -1.71. The summed E-state index contributed by atoms with van der Waals surface area (Å²) in [4.78, 5) is 7.36. The molecule has 1 aliphatic heterocycles. The predicted molar refractivity (Wildman–Crippen MR) is 88.4 cm³/mol. The van der Waals surface area contributed by atoms with Crippen molar-refractivity contribution in [3.8, 4) is 0 Å². The molecule has 0 N–H and O–H groups in total. The van der Waals surface area contributed by atoms with Gasteiger partial charge in [-0.25, -0.2) is 4.98 Å². The molecule has 0 unspecified atom stereocenters. The molecule has 3 aromatic rings. The van der Waals surface area contributed by atoms with Crippen LogP contribution in [-0.4, -0.2) is 16.4 Å². The van der Waals surface area contributed by atoms with Gasteiger partial charge in [0.2, 0.25) is 0 Å². The van der Waals surface area contributed by atoms with E-state index in [0.717, 1.165) is 12.1 Å². The molecule has 0 aliphatic carbocycles. The standard InChI is InChI=1S/C18H18N2S/c1-2-7-14(8-3-1)16-10-6-12-20(16)13-18-19-15-9-4-5-11-17(15)21-18/h1-5,7-9,11,16H,6,10,12-13H2/t16-/m0/s1. The average Bonchev–Trinajstić information content (AvgIpc) is 3.14. The molecule has 1 saturated heterocycles. The van der Waals surface area contributed by atoms with Crippen LogP contribution in [0.3, 0.4) is 0 Å². The third-order valence-corrected chi connectivity index (χ3v) is 5.25. The maximum atomic E-state index is 4.78. The van der Waals surface area contributed by atoms with Crippen molar-refractivity contribution in [3.05, 3.63) is 65.2 Å². The van der Waals surface area contributed by atoms with Crippen molar-refractivity contribution in [1.29, 1.82) is 0 Å². The molecule has 2 heterocycles. The number of nitrogens with zero attached hydrogens (tertiary/aromatic N) is 2. The van der Waals surface area contributed by atoms with Crippen LogP contribution in [0.5, 0.6) is 0 Å². The first kappa shape index (κ1) is 13.0. The minimum absolute atomic E-state index is 0.554. The van der Waals surface area contributed by atoms with Gasteiger partial charge in [0, 0.05) is 6.04 Å². The fraction of sp³-hybridized carbons (Fsp3) is 0.278. The second-order valence-electron chi connectivity index (χ2n) is 5.61. The van der Waals surface area contributed by atoms with Crippen molar-refractivity contribution in [2.24, 2.45) is 0 Å². The van der Waals surface area contributed by atoms with Crippen molar-refractivity contribution in [2.45, 2.75) is 25.4 Å². The van der Waals surface area contributed by atoms with Gasteiger partial charge in [-0.3, -0.25) is 4.90 Å². The SMILES string of the molecule is c1ccc([C@@H]2CCCN2Cc2nc3ccccc3s2)cc1. The predicted octanol–water partition coefficient (Wildman–Crippen LogP) is 4.63. The van der Waals surface area contributed by atoms with Gasteiger partial charge < -0.3 is 0 Å². The summed E-state index contributed by atoms with van der Waals surface area (Å²) >= 11 is 1.83. The van der Waals surface area contributed by atoms with Gasteiger partial charge in [0.15, 0.2) is 0 Å². The van der Waals surface area contributed by atoms with Gasteiger partial charge in [0.1, 0.15) is 5.01 Å². The maximum Gasteiger partial charge on any atom is 0.108 e. The largest absolute Gasteiger partial charge is 0.290 e. The molecule has 1 aromatic heterocycles. The van der Waals surface area contributed by atoms with Crippen molar-refractivity contribution >= 4 is 21.6 Å².